The Morgan fingerprint density at radius 2 is 1.88 bits per heavy atom. The summed E-state index contributed by atoms with van der Waals surface area (Å²) in [5.41, 5.74) is 7.39. The van der Waals surface area contributed by atoms with Gasteiger partial charge in [-0.2, -0.15) is 15.7 Å². The number of carbonyl (C=O) groups excluding carboxylic acids is 2. The summed E-state index contributed by atoms with van der Waals surface area (Å²) in [6.45, 7) is 0.128. The number of alkyl halides is 1. The highest BCUT2D eigenvalue weighted by Crippen LogP contribution is 2.53. The lowest BCUT2D eigenvalue weighted by atomic mass is 10.0. The molecule has 3 aliphatic rings. The van der Waals surface area contributed by atoms with E-state index < -0.39 is 28.8 Å². The molecule has 6 rings (SSSR count). The molecule has 0 bridgehead atoms. The minimum Gasteiger partial charge on any atom is -0.489 e. The second kappa shape index (κ2) is 10.9. The van der Waals surface area contributed by atoms with Gasteiger partial charge in [0, 0.05) is 42.2 Å². The van der Waals surface area contributed by atoms with Gasteiger partial charge in [-0.1, -0.05) is 0 Å². The van der Waals surface area contributed by atoms with E-state index in [9.17, 15) is 18.7 Å². The van der Waals surface area contributed by atoms with Crippen LogP contribution >= 0.6 is 10.6 Å². The maximum Gasteiger partial charge on any atom is 0.254 e. The van der Waals surface area contributed by atoms with Crippen molar-refractivity contribution < 1.29 is 32.6 Å². The number of nitrogens with two attached hydrogens (primary N) is 1. The predicted octanol–water partition coefficient (Wildman–Crippen LogP) is 2.85. The van der Waals surface area contributed by atoms with Gasteiger partial charge in [-0.05, 0) is 31.0 Å². The van der Waals surface area contributed by atoms with Crippen LogP contribution in [0.2, 0.25) is 0 Å². The van der Waals surface area contributed by atoms with Gasteiger partial charge in [0.1, 0.15) is 17.4 Å². The van der Waals surface area contributed by atoms with Crippen molar-refractivity contribution in [3.05, 3.63) is 54.2 Å². The minimum absolute atomic E-state index is 0.000959. The molecule has 2 amide bonds. The molecule has 0 aromatic carbocycles. The molecule has 14 heteroatoms. The normalized spacial score (nSPS) is 23.0. The maximum atomic E-state index is 15.2. The molecule has 1 aliphatic carbocycles. The van der Waals surface area contributed by atoms with E-state index >= 15 is 4.39 Å². The van der Waals surface area contributed by atoms with Crippen LogP contribution in [0, 0.1) is 0 Å². The molecule has 218 valence electrons. The number of likely N-dealkylation sites (tertiary alicyclic amines) is 1. The van der Waals surface area contributed by atoms with Crippen LogP contribution < -0.4 is 15.2 Å². The highest BCUT2D eigenvalue weighted by Gasteiger charge is 2.36. The quantitative estimate of drug-likeness (QED) is 0.342. The van der Waals surface area contributed by atoms with Crippen molar-refractivity contribution in [1.82, 2.24) is 24.6 Å². The molecule has 0 spiro atoms. The Morgan fingerprint density at radius 3 is 2.54 bits per heavy atom. The minimum atomic E-state index is -2.51. The Morgan fingerprint density at radius 1 is 1.07 bits per heavy atom. The number of hydrogen-bond donors (Lipinski definition) is 3. The van der Waals surface area contributed by atoms with Crippen molar-refractivity contribution in [2.75, 3.05) is 24.6 Å². The molecule has 12 nitrogen and oxygen atoms in total. The van der Waals surface area contributed by atoms with Gasteiger partial charge >= 0.3 is 0 Å². The smallest absolute Gasteiger partial charge is 0.254 e. The predicted molar refractivity (Wildman–Crippen MR) is 148 cm³/mol. The first-order valence-electron chi connectivity index (χ1n) is 13.4. The summed E-state index contributed by atoms with van der Waals surface area (Å²) in [6, 6.07) is 4.94. The number of hydrogen-bond acceptors (Lipinski definition) is 9. The number of carbonyl (C=O) groups is 2. The van der Waals surface area contributed by atoms with Gasteiger partial charge in [0.05, 0.1) is 49.0 Å². The van der Waals surface area contributed by atoms with Crippen LogP contribution in [0.3, 0.4) is 0 Å². The number of ether oxygens (including phenoxy) is 2. The topological polar surface area (TPSA) is 166 Å². The van der Waals surface area contributed by atoms with E-state index in [1.807, 2.05) is 0 Å². The second-order valence-corrected chi connectivity index (χ2v) is 13.0. The third kappa shape index (κ3) is 6.29. The molecule has 3 fully saturated rings. The summed E-state index contributed by atoms with van der Waals surface area (Å²) >= 11 is 0. The molecular formula is C27H31FN6O6S. The molecule has 4 N–H and O–H groups in total. The van der Waals surface area contributed by atoms with Crippen LogP contribution in [0.5, 0.6) is 11.6 Å². The Balaban J connectivity index is 1.06. The molecule has 1 saturated carbocycles. The first kappa shape index (κ1) is 27.4. The Hall–Kier alpha value is -3.75. The van der Waals surface area contributed by atoms with Crippen molar-refractivity contribution in [3.63, 3.8) is 0 Å². The molecule has 2 saturated heterocycles. The third-order valence-corrected chi connectivity index (χ3v) is 9.24. The van der Waals surface area contributed by atoms with E-state index in [2.05, 4.69) is 15.1 Å². The average molecular weight is 587 g/mol. The fraction of sp³-hybridized carbons (Fsp3) is 0.444. The lowest BCUT2D eigenvalue weighted by Gasteiger charge is -2.46. The summed E-state index contributed by atoms with van der Waals surface area (Å²) in [6.07, 6.45) is 6.62. The van der Waals surface area contributed by atoms with Gasteiger partial charge in [0.25, 0.3) is 5.91 Å². The Kier molecular flexibility index (Phi) is 7.30. The molecule has 2 aliphatic heterocycles. The van der Waals surface area contributed by atoms with Crippen molar-refractivity contribution in [1.29, 1.82) is 0 Å². The first-order chi connectivity index (χ1) is 19.6. The van der Waals surface area contributed by atoms with Gasteiger partial charge in [0.15, 0.2) is 6.17 Å². The van der Waals surface area contributed by atoms with E-state index in [0.717, 1.165) is 12.8 Å². The summed E-state index contributed by atoms with van der Waals surface area (Å²) in [5.74, 6) is 0.0848. The van der Waals surface area contributed by atoms with Crippen molar-refractivity contribution in [3.8, 4) is 22.8 Å². The summed E-state index contributed by atoms with van der Waals surface area (Å²) < 4.78 is 47.6. The number of amides is 2. The largest absolute Gasteiger partial charge is 0.489 e. The van der Waals surface area contributed by atoms with E-state index in [-0.39, 0.29) is 66.9 Å². The third-order valence-electron chi connectivity index (χ3n) is 7.40. The number of aromatic nitrogens is 4. The molecule has 0 radical (unpaired) electrons. The molecule has 2 unspecified atom stereocenters. The van der Waals surface area contributed by atoms with Gasteiger partial charge in [-0.25, -0.2) is 9.37 Å². The molecule has 3 aromatic heterocycles. The van der Waals surface area contributed by atoms with Gasteiger partial charge < -0.3 is 20.1 Å². The standard InChI is InChI=1S/C27H31FN6O6S/c28-23-13-33(25(35)8-18-1-2-21(11-30-18)39-20-3-4-20)6-5-24(23)40-27-22(26(29)36)7-16(9-31-27)17-10-32-34(12-17)19-14-41(37,38)15-19/h1-2,7,9-12,19-20,23-24,37-38H,3-6,8,13-15H2,(H2,29,36). The maximum absolute atomic E-state index is 15.2. The summed E-state index contributed by atoms with van der Waals surface area (Å²) in [5, 5.41) is 4.29. The van der Waals surface area contributed by atoms with Crippen LogP contribution in [-0.2, 0) is 11.2 Å². The molecule has 5 heterocycles. The molecular weight excluding hydrogens is 555 g/mol. The zero-order valence-electron chi connectivity index (χ0n) is 22.1. The number of rotatable bonds is 9. The summed E-state index contributed by atoms with van der Waals surface area (Å²) in [7, 11) is -2.51. The lowest BCUT2D eigenvalue weighted by molar-refractivity contribution is -0.134. The van der Waals surface area contributed by atoms with Crippen LogP contribution in [0.1, 0.15) is 41.4 Å². The number of pyridine rings is 2. The zero-order valence-corrected chi connectivity index (χ0v) is 23.0. The van der Waals surface area contributed by atoms with Crippen molar-refractivity contribution >= 4 is 22.4 Å². The van der Waals surface area contributed by atoms with E-state index in [1.165, 1.54) is 17.2 Å². The van der Waals surface area contributed by atoms with Crippen LogP contribution in [0.4, 0.5) is 4.39 Å². The van der Waals surface area contributed by atoms with E-state index in [4.69, 9.17) is 15.2 Å². The highest BCUT2D eigenvalue weighted by molar-refractivity contribution is 8.25. The summed E-state index contributed by atoms with van der Waals surface area (Å²) in [4.78, 5) is 35.0. The fourth-order valence-electron chi connectivity index (χ4n) is 4.90. The first-order valence-corrected chi connectivity index (χ1v) is 15.3. The number of piperidine rings is 1. The highest BCUT2D eigenvalue weighted by atomic mass is 32.3. The van der Waals surface area contributed by atoms with E-state index in [0.29, 0.717) is 22.6 Å². The molecule has 2 atom stereocenters. The zero-order chi connectivity index (χ0) is 28.7. The van der Waals surface area contributed by atoms with Crippen molar-refractivity contribution in [2.45, 2.75) is 50.1 Å². The van der Waals surface area contributed by atoms with Crippen molar-refractivity contribution in [2.24, 2.45) is 5.73 Å². The van der Waals surface area contributed by atoms with Crippen LogP contribution in [-0.4, -0.2) is 88.5 Å². The molecule has 3 aromatic rings. The van der Waals surface area contributed by atoms with Gasteiger partial charge in [0.2, 0.25) is 11.8 Å². The number of halogens is 1. The number of nitrogens with zero attached hydrogens (tertiary/aromatic N) is 5. The van der Waals surface area contributed by atoms with Gasteiger partial charge in [-0.15, -0.1) is 0 Å². The van der Waals surface area contributed by atoms with Crippen LogP contribution in [0.25, 0.3) is 11.1 Å². The van der Waals surface area contributed by atoms with Gasteiger partial charge in [-0.3, -0.25) is 28.4 Å². The number of primary amides is 1. The SMILES string of the molecule is NC(=O)c1cc(-c2cnn(C3CS(O)(O)C3)c2)cnc1OC1CCN(C(=O)Cc2ccc(OC3CC3)cn2)CC1F. The monoisotopic (exact) mass is 586 g/mol. The van der Waals surface area contributed by atoms with E-state index in [1.54, 1.807) is 35.4 Å². The molecule has 41 heavy (non-hydrogen) atoms. The Labute approximate surface area is 237 Å². The fourth-order valence-corrected chi connectivity index (χ4v) is 6.34. The second-order valence-electron chi connectivity index (χ2n) is 10.7. The van der Waals surface area contributed by atoms with Crippen LogP contribution in [0.15, 0.2) is 43.0 Å². The Bertz CT molecular complexity index is 1440. The average Bonchev–Trinajstić information content (AvgIpc) is 3.61. The lowest BCUT2D eigenvalue weighted by Crippen LogP contribution is -2.49.